The van der Waals surface area contributed by atoms with Crippen LogP contribution in [0.5, 0.6) is 5.75 Å². The maximum absolute atomic E-state index is 14.1. The summed E-state index contributed by atoms with van der Waals surface area (Å²) >= 11 is 0. The van der Waals surface area contributed by atoms with Gasteiger partial charge in [0.05, 0.1) is 0 Å². The molecular weight excluding hydrogens is 311 g/mol. The lowest BCUT2D eigenvalue weighted by atomic mass is 9.82. The van der Waals surface area contributed by atoms with Crippen molar-refractivity contribution in [3.05, 3.63) is 99.9 Å². The molecule has 0 radical (unpaired) electrons. The number of benzene rings is 3. The monoisotopic (exact) mass is 332 g/mol. The van der Waals surface area contributed by atoms with Gasteiger partial charge in [0, 0.05) is 5.92 Å². The molecule has 25 heavy (non-hydrogen) atoms. The zero-order valence-corrected chi connectivity index (χ0v) is 14.3. The summed E-state index contributed by atoms with van der Waals surface area (Å²) in [6.07, 6.45) is 2.60. The molecule has 0 aromatic heterocycles. The minimum Gasteiger partial charge on any atom is -0.508 e. The SMILES string of the molecule is Cc1c(F)ccc2c1CCc1ccccc1C2Cc1cccc(O)c1. The van der Waals surface area contributed by atoms with E-state index >= 15 is 0 Å². The maximum atomic E-state index is 14.1. The Labute approximate surface area is 147 Å². The first kappa shape index (κ1) is 15.9. The predicted octanol–water partition coefficient (Wildman–Crippen LogP) is 5.31. The summed E-state index contributed by atoms with van der Waals surface area (Å²) in [6.45, 7) is 1.88. The molecule has 126 valence electrons. The number of aromatic hydroxyl groups is 1. The fourth-order valence-corrected chi connectivity index (χ4v) is 4.08. The summed E-state index contributed by atoms with van der Waals surface area (Å²) in [4.78, 5) is 0. The molecule has 0 saturated carbocycles. The highest BCUT2D eigenvalue weighted by molar-refractivity contribution is 5.49. The van der Waals surface area contributed by atoms with Crippen LogP contribution < -0.4 is 0 Å². The lowest BCUT2D eigenvalue weighted by Crippen LogP contribution is -2.09. The Bertz CT molecular complexity index is 929. The van der Waals surface area contributed by atoms with Crippen LogP contribution in [0.1, 0.15) is 39.3 Å². The molecule has 0 heterocycles. The Morgan fingerprint density at radius 1 is 0.960 bits per heavy atom. The normalized spacial score (nSPS) is 16.0. The molecular formula is C23H21FO. The number of phenolic OH excluding ortho intramolecular Hbond substituents is 1. The Hall–Kier alpha value is -2.61. The standard InChI is InChI=1S/C23H21FO/c1-15-19-10-9-17-6-2-3-8-20(17)22(21(19)11-12-23(15)24)14-16-5-4-7-18(25)13-16/h2-8,11-13,22,25H,9-10,14H2,1H3. The predicted molar refractivity (Wildman–Crippen MR) is 98.6 cm³/mol. The summed E-state index contributed by atoms with van der Waals surface area (Å²) in [5.74, 6) is 0.338. The van der Waals surface area contributed by atoms with Gasteiger partial charge in [0.15, 0.2) is 0 Å². The molecule has 1 aliphatic carbocycles. The lowest BCUT2D eigenvalue weighted by Gasteiger charge is -2.22. The average molecular weight is 332 g/mol. The van der Waals surface area contributed by atoms with Crippen molar-refractivity contribution >= 4 is 0 Å². The van der Waals surface area contributed by atoms with E-state index in [9.17, 15) is 9.50 Å². The van der Waals surface area contributed by atoms with Crippen LogP contribution in [0, 0.1) is 12.7 Å². The van der Waals surface area contributed by atoms with Gasteiger partial charge in [-0.2, -0.15) is 0 Å². The van der Waals surface area contributed by atoms with Gasteiger partial charge in [0.2, 0.25) is 0 Å². The second-order valence-corrected chi connectivity index (χ2v) is 6.87. The minimum absolute atomic E-state index is 0.124. The van der Waals surface area contributed by atoms with E-state index in [-0.39, 0.29) is 17.5 Å². The summed E-state index contributed by atoms with van der Waals surface area (Å²) in [6, 6.07) is 19.5. The Morgan fingerprint density at radius 3 is 2.64 bits per heavy atom. The first-order chi connectivity index (χ1) is 12.1. The smallest absolute Gasteiger partial charge is 0.126 e. The summed E-state index contributed by atoms with van der Waals surface area (Å²) in [5, 5.41) is 9.82. The largest absolute Gasteiger partial charge is 0.508 e. The maximum Gasteiger partial charge on any atom is 0.126 e. The van der Waals surface area contributed by atoms with Crippen molar-refractivity contribution in [2.24, 2.45) is 0 Å². The Morgan fingerprint density at radius 2 is 1.80 bits per heavy atom. The molecule has 1 nitrogen and oxygen atoms in total. The molecule has 3 aromatic carbocycles. The van der Waals surface area contributed by atoms with E-state index in [1.807, 2.05) is 31.2 Å². The molecule has 3 aromatic rings. The molecule has 0 saturated heterocycles. The quantitative estimate of drug-likeness (QED) is 0.674. The molecule has 0 fully saturated rings. The van der Waals surface area contributed by atoms with Gasteiger partial charge < -0.3 is 5.11 Å². The zero-order chi connectivity index (χ0) is 17.4. The van der Waals surface area contributed by atoms with Crippen LogP contribution in [0.25, 0.3) is 0 Å². The van der Waals surface area contributed by atoms with E-state index < -0.39 is 0 Å². The van der Waals surface area contributed by atoms with Crippen molar-refractivity contribution in [1.29, 1.82) is 0 Å². The number of rotatable bonds is 2. The second-order valence-electron chi connectivity index (χ2n) is 6.87. The number of phenols is 1. The van der Waals surface area contributed by atoms with Gasteiger partial charge in [0.25, 0.3) is 0 Å². The van der Waals surface area contributed by atoms with E-state index in [4.69, 9.17) is 0 Å². The van der Waals surface area contributed by atoms with Crippen molar-refractivity contribution < 1.29 is 9.50 Å². The fraction of sp³-hybridized carbons (Fsp3) is 0.217. The van der Waals surface area contributed by atoms with Gasteiger partial charge >= 0.3 is 0 Å². The van der Waals surface area contributed by atoms with Crippen molar-refractivity contribution in [3.8, 4) is 5.75 Å². The molecule has 0 bridgehead atoms. The minimum atomic E-state index is -0.124. The number of hydrogen-bond donors (Lipinski definition) is 1. The molecule has 0 spiro atoms. The highest BCUT2D eigenvalue weighted by atomic mass is 19.1. The first-order valence-corrected chi connectivity index (χ1v) is 8.77. The molecule has 1 unspecified atom stereocenters. The number of aryl methyl sites for hydroxylation is 1. The topological polar surface area (TPSA) is 20.2 Å². The van der Waals surface area contributed by atoms with Gasteiger partial charge in [0.1, 0.15) is 11.6 Å². The van der Waals surface area contributed by atoms with Crippen LogP contribution in [0.3, 0.4) is 0 Å². The van der Waals surface area contributed by atoms with Crippen LogP contribution in [0.4, 0.5) is 4.39 Å². The average Bonchev–Trinajstić information content (AvgIpc) is 2.76. The molecule has 1 atom stereocenters. The van der Waals surface area contributed by atoms with E-state index in [2.05, 4.69) is 24.3 Å². The van der Waals surface area contributed by atoms with Crippen molar-refractivity contribution in [2.75, 3.05) is 0 Å². The second kappa shape index (κ2) is 6.36. The Kier molecular flexibility index (Phi) is 4.04. The van der Waals surface area contributed by atoms with Crippen molar-refractivity contribution in [3.63, 3.8) is 0 Å². The van der Waals surface area contributed by atoms with Crippen molar-refractivity contribution in [2.45, 2.75) is 32.1 Å². The highest BCUT2D eigenvalue weighted by Gasteiger charge is 2.25. The van der Waals surface area contributed by atoms with Gasteiger partial charge in [-0.3, -0.25) is 0 Å². The lowest BCUT2D eigenvalue weighted by molar-refractivity contribution is 0.474. The fourth-order valence-electron chi connectivity index (χ4n) is 4.08. The molecule has 1 aliphatic rings. The summed E-state index contributed by atoms with van der Waals surface area (Å²) in [5.41, 5.74) is 6.87. The van der Waals surface area contributed by atoms with Crippen LogP contribution in [0.2, 0.25) is 0 Å². The number of fused-ring (bicyclic) bond motifs is 2. The van der Waals surface area contributed by atoms with Crippen LogP contribution in [0.15, 0.2) is 60.7 Å². The van der Waals surface area contributed by atoms with E-state index in [0.717, 1.165) is 36.0 Å². The molecule has 4 rings (SSSR count). The third-order valence-corrected chi connectivity index (χ3v) is 5.37. The number of hydrogen-bond acceptors (Lipinski definition) is 1. The van der Waals surface area contributed by atoms with E-state index in [0.29, 0.717) is 0 Å². The van der Waals surface area contributed by atoms with Crippen LogP contribution in [-0.4, -0.2) is 5.11 Å². The van der Waals surface area contributed by atoms with Crippen LogP contribution in [-0.2, 0) is 19.3 Å². The molecule has 0 aliphatic heterocycles. The number of halogens is 1. The molecule has 0 amide bonds. The molecule has 1 N–H and O–H groups in total. The Balaban J connectivity index is 1.87. The van der Waals surface area contributed by atoms with Gasteiger partial charge in [-0.1, -0.05) is 42.5 Å². The summed E-state index contributed by atoms with van der Waals surface area (Å²) < 4.78 is 14.1. The zero-order valence-electron chi connectivity index (χ0n) is 14.3. The summed E-state index contributed by atoms with van der Waals surface area (Å²) in [7, 11) is 0. The third-order valence-electron chi connectivity index (χ3n) is 5.37. The van der Waals surface area contributed by atoms with Gasteiger partial charge in [-0.25, -0.2) is 4.39 Å². The van der Waals surface area contributed by atoms with Crippen molar-refractivity contribution in [1.82, 2.24) is 0 Å². The molecule has 2 heteroatoms. The van der Waals surface area contributed by atoms with E-state index in [1.54, 1.807) is 12.1 Å². The van der Waals surface area contributed by atoms with E-state index in [1.165, 1.54) is 16.7 Å². The third kappa shape index (κ3) is 2.93. The highest BCUT2D eigenvalue weighted by Crippen LogP contribution is 2.38. The van der Waals surface area contributed by atoms with Gasteiger partial charge in [-0.05, 0) is 77.8 Å². The van der Waals surface area contributed by atoms with Crippen LogP contribution >= 0.6 is 0 Å². The first-order valence-electron chi connectivity index (χ1n) is 8.77. The van der Waals surface area contributed by atoms with Gasteiger partial charge in [-0.15, -0.1) is 0 Å².